The van der Waals surface area contributed by atoms with Gasteiger partial charge in [0, 0.05) is 11.8 Å². The lowest BCUT2D eigenvalue weighted by Gasteiger charge is -2.06. The highest BCUT2D eigenvalue weighted by Crippen LogP contribution is 2.27. The van der Waals surface area contributed by atoms with E-state index in [4.69, 9.17) is 20.8 Å². The highest BCUT2D eigenvalue weighted by molar-refractivity contribution is 9.10. The molecule has 0 spiro atoms. The number of carbonyl (C=O) groups is 1. The molecule has 20 heavy (non-hydrogen) atoms. The molecule has 0 atom stereocenters. The molecule has 1 aromatic carbocycles. The summed E-state index contributed by atoms with van der Waals surface area (Å²) in [6.45, 7) is 0. The lowest BCUT2D eigenvalue weighted by Crippen LogP contribution is -2.07. The molecular formula is C14H11BrClNO3. The second kappa shape index (κ2) is 6.63. The van der Waals surface area contributed by atoms with Gasteiger partial charge in [-0.25, -0.2) is 0 Å². The van der Waals surface area contributed by atoms with E-state index in [1.54, 1.807) is 36.4 Å². The SMILES string of the molecule is COc1ccc(NC(=O)/C=C/c2ccc(Br)o2)cc1Cl. The quantitative estimate of drug-likeness (QED) is 0.828. The Kier molecular flexibility index (Phi) is 4.87. The molecule has 1 aromatic heterocycles. The van der Waals surface area contributed by atoms with Crippen LogP contribution in [0.25, 0.3) is 6.08 Å². The molecule has 1 heterocycles. The first-order valence-corrected chi connectivity index (χ1v) is 6.83. The minimum atomic E-state index is -0.279. The van der Waals surface area contributed by atoms with Gasteiger partial charge in [-0.15, -0.1) is 0 Å². The van der Waals surface area contributed by atoms with E-state index in [1.165, 1.54) is 13.2 Å². The van der Waals surface area contributed by atoms with Crippen LogP contribution in [0.3, 0.4) is 0 Å². The third-order valence-corrected chi connectivity index (χ3v) is 3.13. The Bertz CT molecular complexity index is 652. The Balaban J connectivity index is 2.01. The molecule has 0 aliphatic heterocycles. The maximum absolute atomic E-state index is 11.7. The van der Waals surface area contributed by atoms with Gasteiger partial charge < -0.3 is 14.5 Å². The Morgan fingerprint density at radius 3 is 2.80 bits per heavy atom. The normalized spacial score (nSPS) is 10.8. The summed E-state index contributed by atoms with van der Waals surface area (Å²) in [5.74, 6) is 0.860. The van der Waals surface area contributed by atoms with Crippen molar-refractivity contribution >= 4 is 45.2 Å². The first-order chi connectivity index (χ1) is 9.58. The van der Waals surface area contributed by atoms with E-state index in [9.17, 15) is 4.79 Å². The molecule has 2 rings (SSSR count). The average molecular weight is 357 g/mol. The lowest BCUT2D eigenvalue weighted by molar-refractivity contribution is -0.111. The molecule has 0 fully saturated rings. The van der Waals surface area contributed by atoms with Crippen LogP contribution in [-0.4, -0.2) is 13.0 Å². The third-order valence-electron chi connectivity index (χ3n) is 2.41. The molecule has 2 aromatic rings. The van der Waals surface area contributed by atoms with Crippen LogP contribution in [0, 0.1) is 0 Å². The maximum atomic E-state index is 11.7. The molecule has 1 amide bonds. The van der Waals surface area contributed by atoms with Crippen molar-refractivity contribution in [2.24, 2.45) is 0 Å². The van der Waals surface area contributed by atoms with Gasteiger partial charge in [-0.1, -0.05) is 11.6 Å². The summed E-state index contributed by atoms with van der Waals surface area (Å²) >= 11 is 9.16. The minimum Gasteiger partial charge on any atom is -0.495 e. The van der Waals surface area contributed by atoms with Crippen LogP contribution in [0.4, 0.5) is 5.69 Å². The van der Waals surface area contributed by atoms with E-state index in [1.807, 2.05) is 0 Å². The Hall–Kier alpha value is -1.72. The van der Waals surface area contributed by atoms with Crippen molar-refractivity contribution in [2.45, 2.75) is 0 Å². The van der Waals surface area contributed by atoms with Gasteiger partial charge in [-0.3, -0.25) is 4.79 Å². The molecule has 0 saturated carbocycles. The molecular weight excluding hydrogens is 346 g/mol. The molecule has 0 saturated heterocycles. The molecule has 0 aliphatic carbocycles. The van der Waals surface area contributed by atoms with E-state index in [0.717, 1.165) is 0 Å². The fourth-order valence-electron chi connectivity index (χ4n) is 1.50. The van der Waals surface area contributed by atoms with Crippen molar-refractivity contribution in [3.8, 4) is 5.75 Å². The standard InChI is InChI=1S/C14H11BrClNO3/c1-19-12-5-2-9(8-11(12)16)17-14(18)7-4-10-3-6-13(15)20-10/h2-8H,1H3,(H,17,18)/b7-4+. The number of ether oxygens (including phenoxy) is 1. The summed E-state index contributed by atoms with van der Waals surface area (Å²) in [5, 5.41) is 3.13. The zero-order valence-electron chi connectivity index (χ0n) is 10.5. The van der Waals surface area contributed by atoms with Gasteiger partial charge in [-0.05, 0) is 52.3 Å². The molecule has 0 aliphatic rings. The fourth-order valence-corrected chi connectivity index (χ4v) is 2.08. The number of anilines is 1. The largest absolute Gasteiger partial charge is 0.495 e. The number of carbonyl (C=O) groups excluding carboxylic acids is 1. The number of amides is 1. The monoisotopic (exact) mass is 355 g/mol. The summed E-state index contributed by atoms with van der Waals surface area (Å²) in [5.41, 5.74) is 0.589. The molecule has 0 bridgehead atoms. The highest BCUT2D eigenvalue weighted by atomic mass is 79.9. The van der Waals surface area contributed by atoms with Crippen LogP contribution in [0.2, 0.25) is 5.02 Å². The van der Waals surface area contributed by atoms with Crippen molar-refractivity contribution < 1.29 is 13.9 Å². The number of benzene rings is 1. The molecule has 0 unspecified atom stereocenters. The molecule has 4 nitrogen and oxygen atoms in total. The van der Waals surface area contributed by atoms with Crippen molar-refractivity contribution in [1.82, 2.24) is 0 Å². The smallest absolute Gasteiger partial charge is 0.248 e. The molecule has 104 valence electrons. The summed E-state index contributed by atoms with van der Waals surface area (Å²) in [6.07, 6.45) is 2.95. The predicted octanol–water partition coefficient (Wildman–Crippen LogP) is 4.36. The number of nitrogens with one attached hydrogen (secondary N) is 1. The van der Waals surface area contributed by atoms with Gasteiger partial charge >= 0.3 is 0 Å². The Morgan fingerprint density at radius 2 is 2.20 bits per heavy atom. The Labute approximate surface area is 129 Å². The van der Waals surface area contributed by atoms with Gasteiger partial charge in [0.05, 0.1) is 12.1 Å². The highest BCUT2D eigenvalue weighted by Gasteiger charge is 2.04. The Morgan fingerprint density at radius 1 is 1.40 bits per heavy atom. The van der Waals surface area contributed by atoms with Crippen molar-refractivity contribution in [3.05, 3.63) is 51.9 Å². The number of methoxy groups -OCH3 is 1. The number of rotatable bonds is 4. The van der Waals surface area contributed by atoms with Gasteiger partial charge in [-0.2, -0.15) is 0 Å². The third kappa shape index (κ3) is 3.88. The van der Waals surface area contributed by atoms with Gasteiger partial charge in [0.15, 0.2) is 4.67 Å². The molecule has 0 radical (unpaired) electrons. The number of halogens is 2. The van der Waals surface area contributed by atoms with E-state index < -0.39 is 0 Å². The van der Waals surface area contributed by atoms with E-state index in [0.29, 0.717) is 26.9 Å². The number of hydrogen-bond acceptors (Lipinski definition) is 3. The van der Waals surface area contributed by atoms with Crippen LogP contribution in [0.5, 0.6) is 5.75 Å². The van der Waals surface area contributed by atoms with Crippen molar-refractivity contribution in [2.75, 3.05) is 12.4 Å². The summed E-state index contributed by atoms with van der Waals surface area (Å²) in [6, 6.07) is 8.51. The predicted molar refractivity (Wildman–Crippen MR) is 82.1 cm³/mol. The van der Waals surface area contributed by atoms with Crippen LogP contribution in [0.15, 0.2) is 45.5 Å². The van der Waals surface area contributed by atoms with E-state index in [-0.39, 0.29) is 5.91 Å². The first-order valence-electron chi connectivity index (χ1n) is 5.66. The zero-order chi connectivity index (χ0) is 14.5. The fraction of sp³-hybridized carbons (Fsp3) is 0.0714. The maximum Gasteiger partial charge on any atom is 0.248 e. The van der Waals surface area contributed by atoms with Crippen LogP contribution < -0.4 is 10.1 Å². The number of furan rings is 1. The van der Waals surface area contributed by atoms with Crippen LogP contribution >= 0.6 is 27.5 Å². The van der Waals surface area contributed by atoms with Crippen LogP contribution in [-0.2, 0) is 4.79 Å². The average Bonchev–Trinajstić information content (AvgIpc) is 2.82. The first kappa shape index (κ1) is 14.7. The molecule has 6 heteroatoms. The van der Waals surface area contributed by atoms with E-state index in [2.05, 4.69) is 21.2 Å². The second-order valence-electron chi connectivity index (χ2n) is 3.81. The second-order valence-corrected chi connectivity index (χ2v) is 5.00. The summed E-state index contributed by atoms with van der Waals surface area (Å²) in [7, 11) is 1.53. The summed E-state index contributed by atoms with van der Waals surface area (Å²) in [4.78, 5) is 11.7. The van der Waals surface area contributed by atoms with Gasteiger partial charge in [0.25, 0.3) is 0 Å². The minimum absolute atomic E-state index is 0.279. The molecule has 1 N–H and O–H groups in total. The van der Waals surface area contributed by atoms with Gasteiger partial charge in [0.2, 0.25) is 5.91 Å². The number of hydrogen-bond donors (Lipinski definition) is 1. The summed E-state index contributed by atoms with van der Waals surface area (Å²) < 4.78 is 10.9. The lowest BCUT2D eigenvalue weighted by atomic mass is 10.3. The van der Waals surface area contributed by atoms with Gasteiger partial charge in [0.1, 0.15) is 11.5 Å². The van der Waals surface area contributed by atoms with E-state index >= 15 is 0 Å². The van der Waals surface area contributed by atoms with Crippen molar-refractivity contribution in [1.29, 1.82) is 0 Å². The van der Waals surface area contributed by atoms with Crippen LogP contribution in [0.1, 0.15) is 5.76 Å². The zero-order valence-corrected chi connectivity index (χ0v) is 12.9. The topological polar surface area (TPSA) is 51.5 Å². The van der Waals surface area contributed by atoms with Crippen molar-refractivity contribution in [3.63, 3.8) is 0 Å².